The number of thiophene rings is 2. The molecule has 0 amide bonds. The van der Waals surface area contributed by atoms with E-state index < -0.39 is 0 Å². The maximum absolute atomic E-state index is 2.46. The van der Waals surface area contributed by atoms with Crippen LogP contribution in [0.3, 0.4) is 0 Å². The first-order chi connectivity index (χ1) is 6.79. The van der Waals surface area contributed by atoms with Crippen LogP contribution < -0.4 is 0 Å². The van der Waals surface area contributed by atoms with Crippen LogP contribution >= 0.6 is 45.3 Å². The van der Waals surface area contributed by atoms with Crippen molar-refractivity contribution in [1.82, 2.24) is 0 Å². The number of hydrogen-bond acceptors (Lipinski definition) is 2. The van der Waals surface area contributed by atoms with E-state index in [1.807, 2.05) is 22.7 Å². The van der Waals surface area contributed by atoms with Gasteiger partial charge in [-0.1, -0.05) is 0 Å². The van der Waals surface area contributed by atoms with Gasteiger partial charge in [0.15, 0.2) is 0 Å². The van der Waals surface area contributed by atoms with Crippen LogP contribution in [0.2, 0.25) is 0 Å². The molecule has 3 aromatic rings. The van der Waals surface area contributed by atoms with E-state index in [0.29, 0.717) is 0 Å². The quantitative estimate of drug-likeness (QED) is 0.507. The van der Waals surface area contributed by atoms with E-state index >= 15 is 0 Å². The molecule has 0 aliphatic heterocycles. The number of hydrogen-bond donors (Lipinski definition) is 0. The van der Waals surface area contributed by atoms with Gasteiger partial charge in [0.25, 0.3) is 0 Å². The van der Waals surface area contributed by atoms with E-state index in [1.54, 1.807) is 0 Å². The van der Waals surface area contributed by atoms with Gasteiger partial charge in [-0.25, -0.2) is 0 Å². The van der Waals surface area contributed by atoms with Gasteiger partial charge in [-0.3, -0.25) is 0 Å². The number of aryl methyl sites for hydroxylation is 1. The lowest BCUT2D eigenvalue weighted by atomic mass is 10.1. The average Bonchev–Trinajstić information content (AvgIpc) is 2.82. The second kappa shape index (κ2) is 3.18. The van der Waals surface area contributed by atoms with Crippen molar-refractivity contribution in [1.29, 1.82) is 0 Å². The Morgan fingerprint density at radius 2 is 1.64 bits per heavy atom. The van der Waals surface area contributed by atoms with Crippen molar-refractivity contribution in [2.24, 2.45) is 0 Å². The van der Waals surface area contributed by atoms with Gasteiger partial charge in [-0.15, -0.1) is 22.7 Å². The standard InChI is InChI=1S/C11H7IS2/c1-6-7-2-4-14-11(7)9(12)8-3-5-13-10(6)8/h2-5H,1H3. The Morgan fingerprint density at radius 3 is 2.43 bits per heavy atom. The fourth-order valence-corrected chi connectivity index (χ4v) is 4.92. The average molecular weight is 330 g/mol. The zero-order chi connectivity index (χ0) is 9.71. The molecular weight excluding hydrogens is 323 g/mol. The molecule has 0 atom stereocenters. The summed E-state index contributed by atoms with van der Waals surface area (Å²) in [6, 6.07) is 4.46. The summed E-state index contributed by atoms with van der Waals surface area (Å²) in [6.45, 7) is 2.23. The normalized spacial score (nSPS) is 11.6. The van der Waals surface area contributed by atoms with E-state index in [2.05, 4.69) is 52.4 Å². The molecule has 2 heterocycles. The molecule has 0 saturated carbocycles. The Kier molecular flexibility index (Phi) is 2.07. The van der Waals surface area contributed by atoms with Gasteiger partial charge in [0, 0.05) is 18.4 Å². The van der Waals surface area contributed by atoms with Crippen molar-refractivity contribution < 1.29 is 0 Å². The molecule has 14 heavy (non-hydrogen) atoms. The van der Waals surface area contributed by atoms with Crippen LogP contribution in [0.5, 0.6) is 0 Å². The van der Waals surface area contributed by atoms with Gasteiger partial charge in [0.2, 0.25) is 0 Å². The number of fused-ring (bicyclic) bond motifs is 2. The fourth-order valence-electron chi connectivity index (χ4n) is 1.79. The predicted octanol–water partition coefficient (Wildman–Crippen LogP) is 5.03. The highest BCUT2D eigenvalue weighted by Gasteiger charge is 2.10. The Morgan fingerprint density at radius 1 is 1.00 bits per heavy atom. The molecule has 0 radical (unpaired) electrons. The molecule has 0 spiro atoms. The van der Waals surface area contributed by atoms with Crippen molar-refractivity contribution >= 4 is 65.4 Å². The van der Waals surface area contributed by atoms with Crippen LogP contribution in [0.25, 0.3) is 20.2 Å². The van der Waals surface area contributed by atoms with E-state index in [-0.39, 0.29) is 0 Å². The summed E-state index contributed by atoms with van der Waals surface area (Å²) in [7, 11) is 0. The summed E-state index contributed by atoms with van der Waals surface area (Å²) in [5.41, 5.74) is 1.44. The molecule has 0 unspecified atom stereocenters. The van der Waals surface area contributed by atoms with E-state index in [9.17, 15) is 0 Å². The highest BCUT2D eigenvalue weighted by Crippen LogP contribution is 2.38. The first-order valence-corrected chi connectivity index (χ1v) is 7.15. The third-order valence-corrected chi connectivity index (χ3v) is 5.96. The van der Waals surface area contributed by atoms with Crippen molar-refractivity contribution in [2.75, 3.05) is 0 Å². The van der Waals surface area contributed by atoms with Crippen molar-refractivity contribution in [3.8, 4) is 0 Å². The molecule has 0 nitrogen and oxygen atoms in total. The molecule has 3 heteroatoms. The van der Waals surface area contributed by atoms with E-state index in [1.165, 1.54) is 29.3 Å². The maximum atomic E-state index is 2.46. The molecule has 70 valence electrons. The van der Waals surface area contributed by atoms with Gasteiger partial charge in [-0.2, -0.15) is 0 Å². The van der Waals surface area contributed by atoms with Gasteiger partial charge in [0.05, 0.1) is 0 Å². The van der Waals surface area contributed by atoms with Crippen LogP contribution in [0.1, 0.15) is 5.56 Å². The summed E-state index contributed by atoms with van der Waals surface area (Å²) < 4.78 is 4.30. The summed E-state index contributed by atoms with van der Waals surface area (Å²) in [6.07, 6.45) is 0. The highest BCUT2D eigenvalue weighted by molar-refractivity contribution is 14.1. The molecular formula is C11H7IS2. The lowest BCUT2D eigenvalue weighted by Crippen LogP contribution is -1.78. The molecule has 2 aromatic heterocycles. The third-order valence-electron chi connectivity index (χ3n) is 2.51. The van der Waals surface area contributed by atoms with Crippen molar-refractivity contribution in [2.45, 2.75) is 6.92 Å². The Bertz CT molecular complexity index is 516. The minimum atomic E-state index is 1.41. The first kappa shape index (κ1) is 9.12. The summed E-state index contributed by atoms with van der Waals surface area (Å²) in [5, 5.41) is 7.21. The third kappa shape index (κ3) is 1.09. The van der Waals surface area contributed by atoms with Crippen LogP contribution in [0, 0.1) is 10.5 Å². The Hall–Kier alpha value is -0.130. The lowest BCUT2D eigenvalue weighted by molar-refractivity contribution is 1.63. The second-order valence-electron chi connectivity index (χ2n) is 3.27. The summed E-state index contributed by atoms with van der Waals surface area (Å²) in [4.78, 5) is 0. The van der Waals surface area contributed by atoms with Gasteiger partial charge in [0.1, 0.15) is 0 Å². The lowest BCUT2D eigenvalue weighted by Gasteiger charge is -2.02. The number of benzene rings is 1. The van der Waals surface area contributed by atoms with Crippen LogP contribution in [-0.4, -0.2) is 0 Å². The SMILES string of the molecule is Cc1c2ccsc2c(I)c2ccsc12. The van der Waals surface area contributed by atoms with Gasteiger partial charge < -0.3 is 0 Å². The number of rotatable bonds is 0. The van der Waals surface area contributed by atoms with Crippen LogP contribution in [0.15, 0.2) is 22.9 Å². The van der Waals surface area contributed by atoms with Gasteiger partial charge in [-0.05, 0) is 63.4 Å². The predicted molar refractivity (Wildman–Crippen MR) is 74.7 cm³/mol. The topological polar surface area (TPSA) is 0 Å². The molecule has 0 bridgehead atoms. The van der Waals surface area contributed by atoms with Crippen LogP contribution in [-0.2, 0) is 0 Å². The Balaban J connectivity index is 2.72. The molecule has 1 aromatic carbocycles. The fraction of sp³-hybridized carbons (Fsp3) is 0.0909. The molecule has 0 fully saturated rings. The van der Waals surface area contributed by atoms with Crippen LogP contribution in [0.4, 0.5) is 0 Å². The molecule has 0 saturated heterocycles. The minimum Gasteiger partial charge on any atom is -0.143 e. The largest absolute Gasteiger partial charge is 0.143 e. The molecule has 0 aliphatic rings. The minimum absolute atomic E-state index is 1.41. The Labute approximate surface area is 104 Å². The zero-order valence-corrected chi connectivity index (χ0v) is 11.3. The van der Waals surface area contributed by atoms with E-state index in [0.717, 1.165) is 0 Å². The molecule has 0 aliphatic carbocycles. The monoisotopic (exact) mass is 330 g/mol. The van der Waals surface area contributed by atoms with Gasteiger partial charge >= 0.3 is 0 Å². The smallest absolute Gasteiger partial charge is 0.0485 e. The molecule has 3 rings (SSSR count). The second-order valence-corrected chi connectivity index (χ2v) is 6.18. The van der Waals surface area contributed by atoms with E-state index in [4.69, 9.17) is 0 Å². The molecule has 0 N–H and O–H groups in total. The van der Waals surface area contributed by atoms with Crippen molar-refractivity contribution in [3.63, 3.8) is 0 Å². The highest BCUT2D eigenvalue weighted by atomic mass is 127. The zero-order valence-electron chi connectivity index (χ0n) is 7.50. The summed E-state index contributed by atoms with van der Waals surface area (Å²) >= 11 is 6.15. The first-order valence-electron chi connectivity index (χ1n) is 4.31. The number of halogens is 1. The summed E-state index contributed by atoms with van der Waals surface area (Å²) in [5.74, 6) is 0. The van der Waals surface area contributed by atoms with Crippen molar-refractivity contribution in [3.05, 3.63) is 32.0 Å². The maximum Gasteiger partial charge on any atom is 0.0485 e.